The molecule has 26 heavy (non-hydrogen) atoms. The summed E-state index contributed by atoms with van der Waals surface area (Å²) in [5.74, 6) is 0.336. The number of primary amides is 1. The van der Waals surface area contributed by atoms with Gasteiger partial charge in [0.1, 0.15) is 5.75 Å². The highest BCUT2D eigenvalue weighted by Gasteiger charge is 2.26. The Morgan fingerprint density at radius 1 is 1.31 bits per heavy atom. The smallest absolute Gasteiger partial charge is 0.241 e. The number of carbonyl (C=O) groups excluding carboxylic acids is 2. The van der Waals surface area contributed by atoms with Crippen molar-refractivity contribution in [2.24, 2.45) is 11.7 Å². The van der Waals surface area contributed by atoms with Crippen LogP contribution >= 0.6 is 0 Å². The lowest BCUT2D eigenvalue weighted by Crippen LogP contribution is -2.45. The van der Waals surface area contributed by atoms with Crippen LogP contribution in [-0.4, -0.2) is 49.5 Å². The Hall–Kier alpha value is -2.59. The molecule has 7 nitrogen and oxygen atoms in total. The number of hydrogen-bond acceptors (Lipinski definition) is 5. The monoisotopic (exact) mass is 358 g/mol. The molecule has 1 heterocycles. The second-order valence-corrected chi connectivity index (χ2v) is 6.33. The minimum Gasteiger partial charge on any atom is -0.494 e. The molecule has 1 fully saturated rings. The van der Waals surface area contributed by atoms with Crippen molar-refractivity contribution in [1.29, 1.82) is 5.26 Å². The Kier molecular flexibility index (Phi) is 7.42. The zero-order valence-electron chi connectivity index (χ0n) is 15.2. The second kappa shape index (κ2) is 9.78. The third-order valence-corrected chi connectivity index (χ3v) is 4.56. The van der Waals surface area contributed by atoms with E-state index in [9.17, 15) is 9.59 Å². The number of hydrogen-bond donors (Lipinski definition) is 1. The van der Waals surface area contributed by atoms with Crippen LogP contribution < -0.4 is 15.4 Å². The van der Waals surface area contributed by atoms with E-state index in [1.54, 1.807) is 4.90 Å². The van der Waals surface area contributed by atoms with E-state index in [2.05, 4.69) is 6.07 Å². The third kappa shape index (κ3) is 5.46. The first-order valence-corrected chi connectivity index (χ1v) is 8.97. The average molecular weight is 358 g/mol. The molecule has 0 aromatic heterocycles. The van der Waals surface area contributed by atoms with E-state index in [4.69, 9.17) is 15.7 Å². The van der Waals surface area contributed by atoms with Gasteiger partial charge in [0.25, 0.3) is 0 Å². The Morgan fingerprint density at radius 2 is 1.96 bits per heavy atom. The van der Waals surface area contributed by atoms with E-state index in [-0.39, 0.29) is 30.7 Å². The lowest BCUT2D eigenvalue weighted by molar-refractivity contribution is -0.123. The van der Waals surface area contributed by atoms with Crippen LogP contribution in [0.25, 0.3) is 0 Å². The van der Waals surface area contributed by atoms with E-state index >= 15 is 0 Å². The molecule has 7 heteroatoms. The van der Waals surface area contributed by atoms with Gasteiger partial charge < -0.3 is 15.4 Å². The first kappa shape index (κ1) is 19.7. The lowest BCUT2D eigenvalue weighted by Gasteiger charge is -2.32. The molecule has 140 valence electrons. The molecule has 1 aromatic rings. The number of piperidine rings is 1. The summed E-state index contributed by atoms with van der Waals surface area (Å²) >= 11 is 0. The number of anilines is 1. The molecule has 1 aliphatic heterocycles. The van der Waals surface area contributed by atoms with Crippen molar-refractivity contribution in [3.63, 3.8) is 0 Å². The van der Waals surface area contributed by atoms with Gasteiger partial charge in [0, 0.05) is 18.2 Å². The highest BCUT2D eigenvalue weighted by molar-refractivity contribution is 5.94. The minimum absolute atomic E-state index is 0.0538. The van der Waals surface area contributed by atoms with Crippen molar-refractivity contribution < 1.29 is 14.3 Å². The Bertz CT molecular complexity index is 646. The number of rotatable bonds is 8. The van der Waals surface area contributed by atoms with E-state index in [0.717, 1.165) is 11.4 Å². The zero-order chi connectivity index (χ0) is 18.9. The molecule has 0 spiro atoms. The van der Waals surface area contributed by atoms with Gasteiger partial charge in [-0.05, 0) is 57.1 Å². The Morgan fingerprint density at radius 3 is 2.50 bits per heavy atom. The van der Waals surface area contributed by atoms with E-state index in [1.807, 2.05) is 36.1 Å². The first-order chi connectivity index (χ1) is 12.5. The number of nitrogens with two attached hydrogens (primary N) is 1. The van der Waals surface area contributed by atoms with Gasteiger partial charge in [0.05, 0.1) is 25.6 Å². The van der Waals surface area contributed by atoms with Crippen molar-refractivity contribution in [2.75, 3.05) is 37.7 Å². The number of likely N-dealkylation sites (tertiary alicyclic amines) is 1. The van der Waals surface area contributed by atoms with Crippen LogP contribution in [0, 0.1) is 17.2 Å². The van der Waals surface area contributed by atoms with Gasteiger partial charge in [-0.25, -0.2) is 0 Å². The fourth-order valence-corrected chi connectivity index (χ4v) is 3.10. The van der Waals surface area contributed by atoms with Gasteiger partial charge in [-0.1, -0.05) is 0 Å². The van der Waals surface area contributed by atoms with Crippen molar-refractivity contribution in [1.82, 2.24) is 4.90 Å². The minimum atomic E-state index is -0.263. The predicted molar refractivity (Wildman–Crippen MR) is 98.6 cm³/mol. The second-order valence-electron chi connectivity index (χ2n) is 6.33. The maximum Gasteiger partial charge on any atom is 0.241 e. The highest BCUT2D eigenvalue weighted by Crippen LogP contribution is 2.21. The SMILES string of the molecule is CCOc1ccc(N(CCC#N)C(=O)CN2CCC(C(N)=O)CC2)cc1. The van der Waals surface area contributed by atoms with Gasteiger partial charge >= 0.3 is 0 Å². The molecule has 1 aromatic carbocycles. The maximum atomic E-state index is 12.8. The topological polar surface area (TPSA) is 99.7 Å². The van der Waals surface area contributed by atoms with Crippen LogP contribution in [0.2, 0.25) is 0 Å². The van der Waals surface area contributed by atoms with Gasteiger partial charge in [0.2, 0.25) is 11.8 Å². The summed E-state index contributed by atoms with van der Waals surface area (Å²) in [7, 11) is 0. The largest absolute Gasteiger partial charge is 0.494 e. The summed E-state index contributed by atoms with van der Waals surface area (Å²) in [6.07, 6.45) is 1.64. The molecule has 2 N–H and O–H groups in total. The van der Waals surface area contributed by atoms with Gasteiger partial charge in [0.15, 0.2) is 0 Å². The first-order valence-electron chi connectivity index (χ1n) is 8.97. The van der Waals surface area contributed by atoms with Crippen molar-refractivity contribution >= 4 is 17.5 Å². The number of nitrogens with zero attached hydrogens (tertiary/aromatic N) is 3. The quantitative estimate of drug-likeness (QED) is 0.760. The van der Waals surface area contributed by atoms with Gasteiger partial charge in [-0.3, -0.25) is 14.5 Å². The number of ether oxygens (including phenoxy) is 1. The molecule has 0 bridgehead atoms. The average Bonchev–Trinajstić information content (AvgIpc) is 2.64. The van der Waals surface area contributed by atoms with E-state index < -0.39 is 0 Å². The van der Waals surface area contributed by atoms with Crippen LogP contribution in [-0.2, 0) is 9.59 Å². The molecular weight excluding hydrogens is 332 g/mol. The summed E-state index contributed by atoms with van der Waals surface area (Å²) < 4.78 is 5.43. The van der Waals surface area contributed by atoms with Crippen molar-refractivity contribution in [3.8, 4) is 11.8 Å². The molecule has 0 atom stereocenters. The Labute approximate surface area is 154 Å². The Balaban J connectivity index is 2.00. The maximum absolute atomic E-state index is 12.8. The highest BCUT2D eigenvalue weighted by atomic mass is 16.5. The van der Waals surface area contributed by atoms with Crippen molar-refractivity contribution in [2.45, 2.75) is 26.2 Å². The molecule has 2 rings (SSSR count). The molecule has 1 saturated heterocycles. The number of carbonyl (C=O) groups is 2. The van der Waals surface area contributed by atoms with E-state index in [1.165, 1.54) is 0 Å². The summed E-state index contributed by atoms with van der Waals surface area (Å²) in [5.41, 5.74) is 6.10. The summed E-state index contributed by atoms with van der Waals surface area (Å²) in [4.78, 5) is 27.7. The van der Waals surface area contributed by atoms with Crippen LogP contribution in [0.3, 0.4) is 0 Å². The molecule has 0 saturated carbocycles. The zero-order valence-corrected chi connectivity index (χ0v) is 15.2. The van der Waals surface area contributed by atoms with Crippen LogP contribution in [0.4, 0.5) is 5.69 Å². The molecule has 2 amide bonds. The molecule has 0 radical (unpaired) electrons. The fraction of sp³-hybridized carbons (Fsp3) is 0.526. The number of nitriles is 1. The van der Waals surface area contributed by atoms with Crippen LogP contribution in [0.1, 0.15) is 26.2 Å². The van der Waals surface area contributed by atoms with Gasteiger partial charge in [-0.15, -0.1) is 0 Å². The van der Waals surface area contributed by atoms with Crippen LogP contribution in [0.15, 0.2) is 24.3 Å². The number of amides is 2. The molecule has 1 aliphatic rings. The van der Waals surface area contributed by atoms with Gasteiger partial charge in [-0.2, -0.15) is 5.26 Å². The third-order valence-electron chi connectivity index (χ3n) is 4.56. The van der Waals surface area contributed by atoms with E-state index in [0.29, 0.717) is 39.1 Å². The van der Waals surface area contributed by atoms with Crippen LogP contribution in [0.5, 0.6) is 5.75 Å². The predicted octanol–water partition coefficient (Wildman–Crippen LogP) is 1.53. The molecule has 0 aliphatic carbocycles. The summed E-state index contributed by atoms with van der Waals surface area (Å²) in [6, 6.07) is 9.41. The van der Waals surface area contributed by atoms with Crippen molar-refractivity contribution in [3.05, 3.63) is 24.3 Å². The lowest BCUT2D eigenvalue weighted by atomic mass is 9.96. The normalized spacial score (nSPS) is 15.2. The molecular formula is C19H26N4O3. The summed E-state index contributed by atoms with van der Waals surface area (Å²) in [6.45, 7) is 4.46. The fourth-order valence-electron chi connectivity index (χ4n) is 3.10. The summed E-state index contributed by atoms with van der Waals surface area (Å²) in [5, 5.41) is 8.90. The number of benzene rings is 1. The standard InChI is InChI=1S/C19H26N4O3/c1-2-26-17-6-4-16(5-7-17)23(11-3-10-20)18(24)14-22-12-8-15(9-13-22)19(21)25/h4-7,15H,2-3,8-9,11-14H2,1H3,(H2,21,25). The molecule has 0 unspecified atom stereocenters.